The van der Waals surface area contributed by atoms with Crippen molar-refractivity contribution < 1.29 is 17.9 Å². The Hall–Kier alpha value is -1.48. The van der Waals surface area contributed by atoms with E-state index in [-0.39, 0.29) is 24.3 Å². The summed E-state index contributed by atoms with van der Waals surface area (Å²) in [5.74, 6) is -0.135. The third-order valence-electron chi connectivity index (χ3n) is 5.33. The summed E-state index contributed by atoms with van der Waals surface area (Å²) in [6.07, 6.45) is 1.43. The smallest absolute Gasteiger partial charge is 0.282 e. The lowest BCUT2D eigenvalue weighted by molar-refractivity contribution is -0.126. The summed E-state index contributed by atoms with van der Waals surface area (Å²) in [7, 11) is -3.52. The van der Waals surface area contributed by atoms with Gasteiger partial charge in [-0.2, -0.15) is 17.0 Å². The van der Waals surface area contributed by atoms with E-state index in [1.165, 1.54) is 14.2 Å². The maximum atomic E-state index is 12.8. The molecule has 1 amide bonds. The van der Waals surface area contributed by atoms with Crippen LogP contribution in [-0.4, -0.2) is 68.9 Å². The molecule has 0 aromatic heterocycles. The molecule has 2 aliphatic rings. The van der Waals surface area contributed by atoms with Crippen LogP contribution in [-0.2, 0) is 19.7 Å². The van der Waals surface area contributed by atoms with Crippen molar-refractivity contribution in [1.82, 2.24) is 13.9 Å². The Morgan fingerprint density at radius 1 is 1.19 bits per heavy atom. The lowest BCUT2D eigenvalue weighted by atomic mass is 9.97. The van der Waals surface area contributed by atoms with Gasteiger partial charge in [0.15, 0.2) is 0 Å². The summed E-state index contributed by atoms with van der Waals surface area (Å²) in [6, 6.07) is 10.1. The number of hydrogen-bond acceptors (Lipinski definition) is 4. The number of morpholine rings is 1. The van der Waals surface area contributed by atoms with E-state index in [1.54, 1.807) is 0 Å². The molecule has 150 valence electrons. The first kappa shape index (κ1) is 20.3. The predicted octanol–water partition coefficient (Wildman–Crippen LogP) is 1.20. The zero-order valence-electron chi connectivity index (χ0n) is 15.8. The number of nitrogens with one attached hydrogen (secondary N) is 1. The number of amides is 1. The van der Waals surface area contributed by atoms with E-state index in [0.29, 0.717) is 45.8 Å². The number of piperidine rings is 1. The Kier molecular flexibility index (Phi) is 6.86. The summed E-state index contributed by atoms with van der Waals surface area (Å²) in [6.45, 7) is 4.97. The molecule has 2 fully saturated rings. The van der Waals surface area contributed by atoms with E-state index in [9.17, 15) is 13.2 Å². The Labute approximate surface area is 161 Å². The monoisotopic (exact) mass is 395 g/mol. The third kappa shape index (κ3) is 5.07. The van der Waals surface area contributed by atoms with E-state index in [4.69, 9.17) is 4.74 Å². The first-order valence-corrected chi connectivity index (χ1v) is 11.0. The molecule has 2 saturated heterocycles. The van der Waals surface area contributed by atoms with Gasteiger partial charge in [0.05, 0.1) is 19.1 Å². The van der Waals surface area contributed by atoms with Crippen molar-refractivity contribution in [2.24, 2.45) is 5.92 Å². The quantitative estimate of drug-likeness (QED) is 0.785. The van der Waals surface area contributed by atoms with Crippen LogP contribution < -0.4 is 5.32 Å². The highest BCUT2D eigenvalue weighted by Crippen LogP contribution is 2.22. The van der Waals surface area contributed by atoms with E-state index >= 15 is 0 Å². The predicted molar refractivity (Wildman–Crippen MR) is 103 cm³/mol. The number of nitrogens with zero attached hydrogens (tertiary/aromatic N) is 2. The average molecular weight is 396 g/mol. The van der Waals surface area contributed by atoms with Crippen molar-refractivity contribution in [1.29, 1.82) is 0 Å². The van der Waals surface area contributed by atoms with Gasteiger partial charge in [-0.05, 0) is 24.3 Å². The van der Waals surface area contributed by atoms with Crippen LogP contribution in [0.25, 0.3) is 0 Å². The van der Waals surface area contributed by atoms with Gasteiger partial charge in [0.1, 0.15) is 0 Å². The molecule has 0 unspecified atom stereocenters. The molecule has 2 atom stereocenters. The van der Waals surface area contributed by atoms with Crippen molar-refractivity contribution in [3.8, 4) is 0 Å². The van der Waals surface area contributed by atoms with Crippen LogP contribution in [0.1, 0.15) is 31.2 Å². The van der Waals surface area contributed by atoms with Crippen LogP contribution >= 0.6 is 0 Å². The standard InChI is InChI=1S/C19H29N3O4S/c1-16(17-6-3-2-4-7-17)14-20-19(23)18-8-5-9-22(15-18)27(24,25)21-10-12-26-13-11-21/h2-4,6-7,16,18H,5,8-15H2,1H3,(H,20,23)/t16-,18-/m1/s1. The summed E-state index contributed by atoms with van der Waals surface area (Å²) < 4.78 is 33.8. The Morgan fingerprint density at radius 2 is 1.89 bits per heavy atom. The molecule has 1 aromatic rings. The number of ether oxygens (including phenoxy) is 1. The average Bonchev–Trinajstić information content (AvgIpc) is 2.73. The zero-order chi connectivity index (χ0) is 19.3. The number of carbonyl (C=O) groups excluding carboxylic acids is 1. The highest BCUT2D eigenvalue weighted by atomic mass is 32.2. The summed E-state index contributed by atoms with van der Waals surface area (Å²) in [5, 5.41) is 3.01. The largest absolute Gasteiger partial charge is 0.379 e. The van der Waals surface area contributed by atoms with Crippen molar-refractivity contribution in [3.63, 3.8) is 0 Å². The minimum Gasteiger partial charge on any atom is -0.379 e. The topological polar surface area (TPSA) is 79.0 Å². The van der Waals surface area contributed by atoms with Gasteiger partial charge in [-0.1, -0.05) is 37.3 Å². The lowest BCUT2D eigenvalue weighted by Crippen LogP contribution is -2.53. The molecule has 3 rings (SSSR count). The second-order valence-corrected chi connectivity index (χ2v) is 9.20. The SMILES string of the molecule is C[C@H](CNC(=O)[C@@H]1CCCN(S(=O)(=O)N2CCOCC2)C1)c1ccccc1. The molecule has 7 nitrogen and oxygen atoms in total. The van der Waals surface area contributed by atoms with Gasteiger partial charge in [0.2, 0.25) is 5.91 Å². The molecule has 0 spiro atoms. The molecule has 0 bridgehead atoms. The van der Waals surface area contributed by atoms with Gasteiger partial charge in [-0.3, -0.25) is 4.79 Å². The fraction of sp³-hybridized carbons (Fsp3) is 0.632. The fourth-order valence-electron chi connectivity index (χ4n) is 3.60. The Bertz CT molecular complexity index is 720. The highest BCUT2D eigenvalue weighted by molar-refractivity contribution is 7.86. The molecular formula is C19H29N3O4S. The molecule has 0 radical (unpaired) electrons. The van der Waals surface area contributed by atoms with Crippen molar-refractivity contribution in [2.75, 3.05) is 45.9 Å². The molecule has 1 aromatic carbocycles. The van der Waals surface area contributed by atoms with Crippen molar-refractivity contribution >= 4 is 16.1 Å². The lowest BCUT2D eigenvalue weighted by Gasteiger charge is -2.36. The molecular weight excluding hydrogens is 366 g/mol. The minimum atomic E-state index is -3.52. The minimum absolute atomic E-state index is 0.0559. The first-order valence-electron chi connectivity index (χ1n) is 9.64. The molecule has 2 aliphatic heterocycles. The zero-order valence-corrected chi connectivity index (χ0v) is 16.7. The van der Waals surface area contributed by atoms with E-state index in [0.717, 1.165) is 6.42 Å². The van der Waals surface area contributed by atoms with Gasteiger partial charge in [0, 0.05) is 32.7 Å². The van der Waals surface area contributed by atoms with E-state index < -0.39 is 10.2 Å². The Morgan fingerprint density at radius 3 is 2.59 bits per heavy atom. The maximum absolute atomic E-state index is 12.8. The number of benzene rings is 1. The van der Waals surface area contributed by atoms with Crippen LogP contribution in [0.4, 0.5) is 0 Å². The third-order valence-corrected chi connectivity index (χ3v) is 7.33. The van der Waals surface area contributed by atoms with Crippen molar-refractivity contribution in [3.05, 3.63) is 35.9 Å². The van der Waals surface area contributed by atoms with Crippen LogP contribution in [0.3, 0.4) is 0 Å². The first-order chi connectivity index (χ1) is 13.0. The summed E-state index contributed by atoms with van der Waals surface area (Å²) in [4.78, 5) is 12.6. The fourth-order valence-corrected chi connectivity index (χ4v) is 5.27. The number of rotatable bonds is 6. The van der Waals surface area contributed by atoms with Gasteiger partial charge >= 0.3 is 0 Å². The van der Waals surface area contributed by atoms with Crippen LogP contribution in [0, 0.1) is 5.92 Å². The second-order valence-electron chi connectivity index (χ2n) is 7.27. The van der Waals surface area contributed by atoms with Crippen LogP contribution in [0.5, 0.6) is 0 Å². The molecule has 8 heteroatoms. The normalized spacial score (nSPS) is 23.7. The van der Waals surface area contributed by atoms with E-state index in [2.05, 4.69) is 12.2 Å². The number of hydrogen-bond donors (Lipinski definition) is 1. The summed E-state index contributed by atoms with van der Waals surface area (Å²) in [5.41, 5.74) is 1.18. The van der Waals surface area contributed by atoms with Gasteiger partial charge in [-0.15, -0.1) is 0 Å². The van der Waals surface area contributed by atoms with Crippen LogP contribution in [0.15, 0.2) is 30.3 Å². The second kappa shape index (κ2) is 9.14. The highest BCUT2D eigenvalue weighted by Gasteiger charge is 2.36. The summed E-state index contributed by atoms with van der Waals surface area (Å²) >= 11 is 0. The molecule has 0 aliphatic carbocycles. The van der Waals surface area contributed by atoms with Gasteiger partial charge < -0.3 is 10.1 Å². The molecule has 27 heavy (non-hydrogen) atoms. The maximum Gasteiger partial charge on any atom is 0.282 e. The van der Waals surface area contributed by atoms with Gasteiger partial charge in [0.25, 0.3) is 10.2 Å². The molecule has 1 N–H and O–H groups in total. The number of carbonyl (C=O) groups is 1. The Balaban J connectivity index is 1.54. The van der Waals surface area contributed by atoms with Crippen LogP contribution in [0.2, 0.25) is 0 Å². The molecule has 0 saturated carbocycles. The van der Waals surface area contributed by atoms with Crippen molar-refractivity contribution in [2.45, 2.75) is 25.7 Å². The van der Waals surface area contributed by atoms with E-state index in [1.807, 2.05) is 30.3 Å². The molecule has 2 heterocycles. The van der Waals surface area contributed by atoms with Gasteiger partial charge in [-0.25, -0.2) is 0 Å².